The van der Waals surface area contributed by atoms with Crippen LogP contribution in [0.3, 0.4) is 0 Å². The topological polar surface area (TPSA) is 29.1 Å². The highest BCUT2D eigenvalue weighted by Crippen LogP contribution is 2.22. The SMILES string of the molecule is O=C(NCCc1ccc(Br)s1)c1ccccc1I. The molecule has 1 aromatic heterocycles. The fourth-order valence-corrected chi connectivity index (χ4v) is 3.64. The molecule has 5 heteroatoms. The summed E-state index contributed by atoms with van der Waals surface area (Å²) in [7, 11) is 0. The van der Waals surface area contributed by atoms with Gasteiger partial charge in [0.2, 0.25) is 0 Å². The fraction of sp³-hybridized carbons (Fsp3) is 0.154. The van der Waals surface area contributed by atoms with E-state index in [1.54, 1.807) is 11.3 Å². The van der Waals surface area contributed by atoms with Crippen molar-refractivity contribution in [1.82, 2.24) is 5.32 Å². The van der Waals surface area contributed by atoms with E-state index in [-0.39, 0.29) is 5.91 Å². The van der Waals surface area contributed by atoms with Crippen LogP contribution in [0.15, 0.2) is 40.2 Å². The van der Waals surface area contributed by atoms with Crippen molar-refractivity contribution in [2.75, 3.05) is 6.54 Å². The van der Waals surface area contributed by atoms with Gasteiger partial charge in [0.05, 0.1) is 9.35 Å². The maximum Gasteiger partial charge on any atom is 0.252 e. The predicted octanol–water partition coefficient (Wildman–Crippen LogP) is 4.09. The van der Waals surface area contributed by atoms with Crippen LogP contribution in [0.25, 0.3) is 0 Å². The molecule has 94 valence electrons. The van der Waals surface area contributed by atoms with E-state index < -0.39 is 0 Å². The Morgan fingerprint density at radius 2 is 2.06 bits per heavy atom. The van der Waals surface area contributed by atoms with E-state index in [1.807, 2.05) is 30.3 Å². The number of benzene rings is 1. The van der Waals surface area contributed by atoms with Gasteiger partial charge in [0.15, 0.2) is 0 Å². The van der Waals surface area contributed by atoms with Gasteiger partial charge in [-0.05, 0) is 69.2 Å². The van der Waals surface area contributed by atoms with Crippen LogP contribution in [0.2, 0.25) is 0 Å². The number of rotatable bonds is 4. The second-order valence-corrected chi connectivity index (χ2v) is 7.40. The molecule has 0 aliphatic carbocycles. The average Bonchev–Trinajstić information content (AvgIpc) is 2.75. The lowest BCUT2D eigenvalue weighted by Gasteiger charge is -2.05. The highest BCUT2D eigenvalue weighted by Gasteiger charge is 2.08. The van der Waals surface area contributed by atoms with E-state index in [9.17, 15) is 4.79 Å². The molecule has 0 atom stereocenters. The molecule has 1 aromatic carbocycles. The van der Waals surface area contributed by atoms with Gasteiger partial charge >= 0.3 is 0 Å². The number of carbonyl (C=O) groups is 1. The molecule has 1 heterocycles. The molecule has 2 aromatic rings. The van der Waals surface area contributed by atoms with Crippen LogP contribution < -0.4 is 5.32 Å². The van der Waals surface area contributed by atoms with Crippen molar-refractivity contribution in [3.05, 3.63) is 54.2 Å². The molecule has 18 heavy (non-hydrogen) atoms. The summed E-state index contributed by atoms with van der Waals surface area (Å²) in [6.07, 6.45) is 0.866. The number of thiophene rings is 1. The third-order valence-electron chi connectivity index (χ3n) is 2.40. The average molecular weight is 436 g/mol. The third kappa shape index (κ3) is 3.80. The second kappa shape index (κ2) is 6.68. The Hall–Kier alpha value is -0.400. The van der Waals surface area contributed by atoms with Gasteiger partial charge in [-0.3, -0.25) is 4.79 Å². The molecule has 0 aliphatic rings. The fourth-order valence-electron chi connectivity index (χ4n) is 1.53. The number of halogens is 2. The van der Waals surface area contributed by atoms with E-state index in [4.69, 9.17) is 0 Å². The minimum Gasteiger partial charge on any atom is -0.352 e. The molecule has 0 bridgehead atoms. The number of carbonyl (C=O) groups excluding carboxylic acids is 1. The smallest absolute Gasteiger partial charge is 0.252 e. The number of amides is 1. The van der Waals surface area contributed by atoms with Crippen LogP contribution in [0.5, 0.6) is 0 Å². The molecular weight excluding hydrogens is 425 g/mol. The van der Waals surface area contributed by atoms with E-state index in [0.717, 1.165) is 19.3 Å². The highest BCUT2D eigenvalue weighted by molar-refractivity contribution is 14.1. The van der Waals surface area contributed by atoms with Crippen LogP contribution in [-0.4, -0.2) is 12.5 Å². The van der Waals surface area contributed by atoms with Gasteiger partial charge in [-0.2, -0.15) is 0 Å². The standard InChI is InChI=1S/C13H11BrINOS/c14-12-6-5-9(18-12)7-8-16-13(17)10-3-1-2-4-11(10)15/h1-6H,7-8H2,(H,16,17). The quantitative estimate of drug-likeness (QED) is 0.720. The largest absolute Gasteiger partial charge is 0.352 e. The first kappa shape index (κ1) is 14.0. The molecule has 0 fully saturated rings. The van der Waals surface area contributed by atoms with Gasteiger partial charge in [0.25, 0.3) is 5.91 Å². The van der Waals surface area contributed by atoms with E-state index in [0.29, 0.717) is 6.54 Å². The van der Waals surface area contributed by atoms with Gasteiger partial charge in [0.1, 0.15) is 0 Å². The summed E-state index contributed by atoms with van der Waals surface area (Å²) in [6, 6.07) is 11.7. The summed E-state index contributed by atoms with van der Waals surface area (Å²) >= 11 is 7.31. The van der Waals surface area contributed by atoms with Crippen LogP contribution in [0.4, 0.5) is 0 Å². The van der Waals surface area contributed by atoms with Crippen molar-refractivity contribution in [2.45, 2.75) is 6.42 Å². The molecule has 0 radical (unpaired) electrons. The summed E-state index contributed by atoms with van der Waals surface area (Å²) in [6.45, 7) is 0.663. The summed E-state index contributed by atoms with van der Waals surface area (Å²) in [4.78, 5) is 13.2. The first-order chi connectivity index (χ1) is 8.66. The lowest BCUT2D eigenvalue weighted by Crippen LogP contribution is -2.26. The first-order valence-electron chi connectivity index (χ1n) is 5.44. The van der Waals surface area contributed by atoms with Crippen molar-refractivity contribution in [3.63, 3.8) is 0 Å². The van der Waals surface area contributed by atoms with Crippen LogP contribution >= 0.6 is 49.9 Å². The van der Waals surface area contributed by atoms with E-state index >= 15 is 0 Å². The number of hydrogen-bond donors (Lipinski definition) is 1. The van der Waals surface area contributed by atoms with Crippen LogP contribution in [0, 0.1) is 3.57 Å². The van der Waals surface area contributed by atoms with Gasteiger partial charge in [0, 0.05) is 15.0 Å². The monoisotopic (exact) mass is 435 g/mol. The Morgan fingerprint density at radius 3 is 2.72 bits per heavy atom. The molecule has 0 spiro atoms. The molecule has 0 unspecified atom stereocenters. The van der Waals surface area contributed by atoms with E-state index in [2.05, 4.69) is 49.9 Å². The summed E-state index contributed by atoms with van der Waals surface area (Å²) < 4.78 is 2.10. The first-order valence-corrected chi connectivity index (χ1v) is 8.12. The molecule has 0 aliphatic heterocycles. The zero-order chi connectivity index (χ0) is 13.0. The van der Waals surface area contributed by atoms with Gasteiger partial charge in [-0.15, -0.1) is 11.3 Å². The maximum absolute atomic E-state index is 11.9. The third-order valence-corrected chi connectivity index (χ3v) is 5.03. The normalized spacial score (nSPS) is 10.3. The summed E-state index contributed by atoms with van der Waals surface area (Å²) in [5, 5.41) is 2.95. The molecule has 1 amide bonds. The Bertz CT molecular complexity index is 555. The van der Waals surface area contributed by atoms with Crippen LogP contribution in [-0.2, 0) is 6.42 Å². The molecule has 1 N–H and O–H groups in total. The van der Waals surface area contributed by atoms with E-state index in [1.165, 1.54) is 4.88 Å². The number of hydrogen-bond acceptors (Lipinski definition) is 2. The highest BCUT2D eigenvalue weighted by atomic mass is 127. The molecule has 2 nitrogen and oxygen atoms in total. The molecule has 2 rings (SSSR count). The Labute approximate surface area is 132 Å². The van der Waals surface area contributed by atoms with Crippen molar-refractivity contribution < 1.29 is 4.79 Å². The van der Waals surface area contributed by atoms with Gasteiger partial charge < -0.3 is 5.32 Å². The van der Waals surface area contributed by atoms with Gasteiger partial charge in [-0.1, -0.05) is 12.1 Å². The molecule has 0 saturated carbocycles. The van der Waals surface area contributed by atoms with Gasteiger partial charge in [-0.25, -0.2) is 0 Å². The lowest BCUT2D eigenvalue weighted by atomic mass is 10.2. The summed E-state index contributed by atoms with van der Waals surface area (Å²) in [5.74, 6) is -0.00405. The predicted molar refractivity (Wildman–Crippen MR) is 87.2 cm³/mol. The Balaban J connectivity index is 1.87. The van der Waals surface area contributed by atoms with Crippen molar-refractivity contribution in [3.8, 4) is 0 Å². The summed E-state index contributed by atoms with van der Waals surface area (Å²) in [5.41, 5.74) is 0.741. The van der Waals surface area contributed by atoms with Crippen molar-refractivity contribution in [2.24, 2.45) is 0 Å². The molecule has 0 saturated heterocycles. The lowest BCUT2D eigenvalue weighted by molar-refractivity contribution is 0.0953. The minimum absolute atomic E-state index is 0.00405. The zero-order valence-electron chi connectivity index (χ0n) is 9.45. The Kier molecular flexibility index (Phi) is 5.20. The number of nitrogens with one attached hydrogen (secondary N) is 1. The second-order valence-electron chi connectivity index (χ2n) is 3.69. The van der Waals surface area contributed by atoms with Crippen molar-refractivity contribution in [1.29, 1.82) is 0 Å². The maximum atomic E-state index is 11.9. The van der Waals surface area contributed by atoms with Crippen LogP contribution in [0.1, 0.15) is 15.2 Å². The van der Waals surface area contributed by atoms with Crippen molar-refractivity contribution >= 4 is 55.8 Å². The Morgan fingerprint density at radius 1 is 1.28 bits per heavy atom. The minimum atomic E-state index is -0.00405. The zero-order valence-corrected chi connectivity index (χ0v) is 14.0. The molecular formula is C13H11BrINOS.